The van der Waals surface area contributed by atoms with Gasteiger partial charge in [-0.05, 0) is 46.8 Å². The van der Waals surface area contributed by atoms with E-state index in [1.165, 1.54) is 23.4 Å². The van der Waals surface area contributed by atoms with E-state index >= 15 is 0 Å². The summed E-state index contributed by atoms with van der Waals surface area (Å²) in [7, 11) is 1.53. The number of ether oxygens (including phenoxy) is 1. The molecule has 5 nitrogen and oxygen atoms in total. The van der Waals surface area contributed by atoms with Crippen molar-refractivity contribution in [3.8, 4) is 5.75 Å². The van der Waals surface area contributed by atoms with Gasteiger partial charge in [0.1, 0.15) is 17.9 Å². The summed E-state index contributed by atoms with van der Waals surface area (Å²) in [4.78, 5) is 25.9. The predicted octanol–water partition coefficient (Wildman–Crippen LogP) is 3.68. The zero-order valence-electron chi connectivity index (χ0n) is 15.7. The van der Waals surface area contributed by atoms with Gasteiger partial charge in [0.05, 0.1) is 0 Å². The fourth-order valence-electron chi connectivity index (χ4n) is 3.12. The zero-order valence-corrected chi connectivity index (χ0v) is 16.5. The zero-order chi connectivity index (χ0) is 20.4. The van der Waals surface area contributed by atoms with Crippen LogP contribution in [-0.4, -0.2) is 28.9 Å². The van der Waals surface area contributed by atoms with Crippen molar-refractivity contribution in [3.63, 3.8) is 0 Å². The molecule has 0 spiro atoms. The van der Waals surface area contributed by atoms with Gasteiger partial charge in [0.2, 0.25) is 0 Å². The van der Waals surface area contributed by atoms with Crippen LogP contribution < -0.4 is 10.1 Å². The molecule has 0 atom stereocenters. The van der Waals surface area contributed by atoms with Crippen molar-refractivity contribution in [2.24, 2.45) is 0 Å². The van der Waals surface area contributed by atoms with E-state index in [2.05, 4.69) is 29.6 Å². The highest BCUT2D eigenvalue weighted by molar-refractivity contribution is 7.80. The van der Waals surface area contributed by atoms with E-state index in [-0.39, 0.29) is 10.7 Å². The summed E-state index contributed by atoms with van der Waals surface area (Å²) < 4.78 is 6.01. The van der Waals surface area contributed by atoms with E-state index in [4.69, 9.17) is 17.0 Å². The topological polar surface area (TPSA) is 58.6 Å². The van der Waals surface area contributed by atoms with Crippen LogP contribution >= 0.6 is 12.2 Å². The first kappa shape index (κ1) is 18.8. The smallest absolute Gasteiger partial charge is 0.265 e. The fraction of sp³-hybridized carbons (Fsp3) is 0.0870. The Bertz CT molecular complexity index is 1170. The maximum atomic E-state index is 12.4. The van der Waals surface area contributed by atoms with Gasteiger partial charge >= 0.3 is 0 Å². The normalized spacial score (nSPS) is 15.7. The van der Waals surface area contributed by atoms with Crippen molar-refractivity contribution >= 4 is 46.0 Å². The molecule has 0 radical (unpaired) electrons. The second-order valence-corrected chi connectivity index (χ2v) is 7.08. The molecule has 0 unspecified atom stereocenters. The summed E-state index contributed by atoms with van der Waals surface area (Å²) in [5, 5.41) is 4.93. The van der Waals surface area contributed by atoms with Gasteiger partial charge in [-0.2, -0.15) is 0 Å². The minimum Gasteiger partial charge on any atom is -0.488 e. The Kier molecular flexibility index (Phi) is 5.10. The molecule has 0 saturated carbocycles. The molecule has 0 aliphatic carbocycles. The third kappa shape index (κ3) is 3.88. The number of nitrogens with one attached hydrogen (secondary N) is 1. The molecule has 144 valence electrons. The highest BCUT2D eigenvalue weighted by Crippen LogP contribution is 2.24. The van der Waals surface area contributed by atoms with Crippen LogP contribution in [0.15, 0.2) is 72.3 Å². The molecule has 1 N–H and O–H groups in total. The Morgan fingerprint density at radius 3 is 2.55 bits per heavy atom. The minimum atomic E-state index is -0.512. The minimum absolute atomic E-state index is 0.0165. The van der Waals surface area contributed by atoms with E-state index in [0.717, 1.165) is 10.9 Å². The number of rotatable bonds is 4. The van der Waals surface area contributed by atoms with Gasteiger partial charge in [-0.1, -0.05) is 54.6 Å². The number of fused-ring (bicyclic) bond motifs is 1. The first-order chi connectivity index (χ1) is 14.0. The SMILES string of the molecule is CN1C(=O)/C(=C/c2ccccc2OCc2ccc3ccccc3c2)C(=O)NC1=S. The van der Waals surface area contributed by atoms with Gasteiger partial charge in [-0.3, -0.25) is 19.8 Å². The molecule has 1 aliphatic rings. The van der Waals surface area contributed by atoms with Gasteiger partial charge < -0.3 is 4.74 Å². The number of hydrogen-bond donors (Lipinski definition) is 1. The van der Waals surface area contributed by atoms with E-state index in [1.54, 1.807) is 6.07 Å². The standard InChI is InChI=1S/C23H18N2O3S/c1-25-22(27)19(21(26)24-23(25)29)13-18-8-4-5-9-20(18)28-14-15-10-11-16-6-2-3-7-17(16)12-15/h2-13H,14H2,1H3,(H,24,26,29)/b19-13+. The molecule has 6 heteroatoms. The fourth-order valence-corrected chi connectivity index (χ4v) is 3.30. The lowest BCUT2D eigenvalue weighted by Gasteiger charge is -2.25. The third-order valence-electron chi connectivity index (χ3n) is 4.73. The van der Waals surface area contributed by atoms with Crippen LogP contribution in [0.5, 0.6) is 5.75 Å². The highest BCUT2D eigenvalue weighted by atomic mass is 32.1. The summed E-state index contributed by atoms with van der Waals surface area (Å²) in [6.07, 6.45) is 1.53. The second-order valence-electron chi connectivity index (χ2n) is 6.69. The number of para-hydroxylation sites is 1. The Labute approximate surface area is 173 Å². The van der Waals surface area contributed by atoms with Crippen LogP contribution in [0.4, 0.5) is 0 Å². The molecule has 1 saturated heterocycles. The van der Waals surface area contributed by atoms with Gasteiger partial charge in [0, 0.05) is 12.6 Å². The summed E-state index contributed by atoms with van der Waals surface area (Å²) >= 11 is 4.98. The number of amides is 2. The molecular formula is C23H18N2O3S. The number of carbonyl (C=O) groups is 2. The van der Waals surface area contributed by atoms with Gasteiger partial charge in [-0.15, -0.1) is 0 Å². The summed E-state index contributed by atoms with van der Waals surface area (Å²) in [5.41, 5.74) is 1.69. The van der Waals surface area contributed by atoms with Crippen LogP contribution in [0.2, 0.25) is 0 Å². The van der Waals surface area contributed by atoms with E-state index < -0.39 is 11.8 Å². The van der Waals surface area contributed by atoms with Crippen molar-refractivity contribution in [2.45, 2.75) is 6.61 Å². The molecule has 29 heavy (non-hydrogen) atoms. The molecular weight excluding hydrogens is 384 g/mol. The monoisotopic (exact) mass is 402 g/mol. The maximum Gasteiger partial charge on any atom is 0.265 e. The van der Waals surface area contributed by atoms with Crippen molar-refractivity contribution in [1.82, 2.24) is 10.2 Å². The average molecular weight is 402 g/mol. The van der Waals surface area contributed by atoms with Crippen LogP contribution in [0, 0.1) is 0 Å². The van der Waals surface area contributed by atoms with E-state index in [9.17, 15) is 9.59 Å². The molecule has 0 aromatic heterocycles. The number of benzene rings is 3. The number of thiocarbonyl (C=S) groups is 1. The molecule has 4 rings (SSSR count). The Morgan fingerprint density at radius 2 is 1.72 bits per heavy atom. The molecule has 2 amide bonds. The van der Waals surface area contributed by atoms with Crippen molar-refractivity contribution in [3.05, 3.63) is 83.4 Å². The predicted molar refractivity (Wildman–Crippen MR) is 116 cm³/mol. The summed E-state index contributed by atoms with van der Waals surface area (Å²) in [6, 6.07) is 21.6. The van der Waals surface area contributed by atoms with Gasteiger partial charge in [0.25, 0.3) is 11.8 Å². The van der Waals surface area contributed by atoms with E-state index in [1.807, 2.05) is 36.4 Å². The Morgan fingerprint density at radius 1 is 1.00 bits per heavy atom. The van der Waals surface area contributed by atoms with Crippen molar-refractivity contribution in [2.75, 3.05) is 7.05 Å². The highest BCUT2D eigenvalue weighted by Gasteiger charge is 2.30. The van der Waals surface area contributed by atoms with Gasteiger partial charge in [0.15, 0.2) is 5.11 Å². The quantitative estimate of drug-likeness (QED) is 0.411. The molecule has 0 bridgehead atoms. The van der Waals surface area contributed by atoms with Crippen LogP contribution in [0.1, 0.15) is 11.1 Å². The van der Waals surface area contributed by atoms with Crippen LogP contribution in [0.25, 0.3) is 16.8 Å². The van der Waals surface area contributed by atoms with Gasteiger partial charge in [-0.25, -0.2) is 0 Å². The average Bonchev–Trinajstić information content (AvgIpc) is 2.74. The second kappa shape index (κ2) is 7.85. The van der Waals surface area contributed by atoms with Crippen LogP contribution in [-0.2, 0) is 16.2 Å². The van der Waals surface area contributed by atoms with E-state index in [0.29, 0.717) is 17.9 Å². The van der Waals surface area contributed by atoms with Crippen molar-refractivity contribution < 1.29 is 14.3 Å². The molecule has 3 aromatic rings. The lowest BCUT2D eigenvalue weighted by Crippen LogP contribution is -2.52. The number of nitrogens with zero attached hydrogens (tertiary/aromatic N) is 1. The lowest BCUT2D eigenvalue weighted by atomic mass is 10.1. The summed E-state index contributed by atoms with van der Waals surface area (Å²) in [6.45, 7) is 0.370. The maximum absolute atomic E-state index is 12.4. The summed E-state index contributed by atoms with van der Waals surface area (Å²) in [5.74, 6) is -0.366. The molecule has 1 heterocycles. The molecule has 1 fully saturated rings. The lowest BCUT2D eigenvalue weighted by molar-refractivity contribution is -0.128. The number of hydrogen-bond acceptors (Lipinski definition) is 4. The Hall–Kier alpha value is -3.51. The molecule has 3 aromatic carbocycles. The van der Waals surface area contributed by atoms with Crippen LogP contribution in [0.3, 0.4) is 0 Å². The Balaban J connectivity index is 1.59. The first-order valence-corrected chi connectivity index (χ1v) is 9.48. The first-order valence-electron chi connectivity index (χ1n) is 9.07. The third-order valence-corrected chi connectivity index (χ3v) is 5.11. The number of carbonyl (C=O) groups excluding carboxylic acids is 2. The molecule has 1 aliphatic heterocycles. The van der Waals surface area contributed by atoms with Crippen molar-refractivity contribution in [1.29, 1.82) is 0 Å². The number of likely N-dealkylation sites (N-methyl/N-ethyl adjacent to an activating group) is 1. The largest absolute Gasteiger partial charge is 0.488 e.